The maximum atomic E-state index is 11.2. The van der Waals surface area contributed by atoms with Gasteiger partial charge in [0, 0.05) is 6.54 Å². The molecule has 0 unspecified atom stereocenters. The second kappa shape index (κ2) is 6.81. The molecule has 0 saturated carbocycles. The van der Waals surface area contributed by atoms with Crippen LogP contribution >= 0.6 is 34.9 Å². The molecule has 20 heavy (non-hydrogen) atoms. The molecule has 2 aromatic heterocycles. The highest BCUT2D eigenvalue weighted by Gasteiger charge is 2.24. The summed E-state index contributed by atoms with van der Waals surface area (Å²) in [5.74, 6) is 0.213. The molecule has 0 aliphatic carbocycles. The van der Waals surface area contributed by atoms with Gasteiger partial charge in [0.05, 0.1) is 4.92 Å². The van der Waals surface area contributed by atoms with Crippen molar-refractivity contribution in [1.82, 2.24) is 20.2 Å². The first-order chi connectivity index (χ1) is 9.65. The van der Waals surface area contributed by atoms with Crippen molar-refractivity contribution in [2.75, 3.05) is 18.1 Å². The molecule has 11 heteroatoms. The van der Waals surface area contributed by atoms with Crippen LogP contribution in [0, 0.1) is 10.1 Å². The van der Waals surface area contributed by atoms with E-state index in [2.05, 4.69) is 25.5 Å². The SMILES string of the molecule is CCNc1ncnc(Sc2nnc(SC)s2)c1[N+](=O)[O-]. The molecule has 0 amide bonds. The first kappa shape index (κ1) is 14.9. The Bertz CT molecular complexity index is 619. The van der Waals surface area contributed by atoms with Crippen LogP contribution in [-0.4, -0.2) is 37.9 Å². The van der Waals surface area contributed by atoms with Crippen LogP contribution in [0.3, 0.4) is 0 Å². The van der Waals surface area contributed by atoms with Crippen LogP contribution < -0.4 is 5.32 Å². The second-order valence-corrected chi connectivity index (χ2v) is 6.57. The highest BCUT2D eigenvalue weighted by molar-refractivity contribution is 8.03. The first-order valence-corrected chi connectivity index (χ1v) is 8.30. The maximum Gasteiger partial charge on any atom is 0.343 e. The van der Waals surface area contributed by atoms with Crippen LogP contribution in [0.15, 0.2) is 20.0 Å². The molecular weight excluding hydrogens is 320 g/mol. The highest BCUT2D eigenvalue weighted by Crippen LogP contribution is 2.38. The lowest BCUT2D eigenvalue weighted by atomic mass is 10.5. The van der Waals surface area contributed by atoms with E-state index in [0.717, 1.165) is 16.1 Å². The molecule has 106 valence electrons. The minimum atomic E-state index is -0.489. The number of nitrogens with one attached hydrogen (secondary N) is 1. The summed E-state index contributed by atoms with van der Waals surface area (Å²) in [6, 6.07) is 0. The van der Waals surface area contributed by atoms with E-state index in [4.69, 9.17) is 0 Å². The number of hydrogen-bond acceptors (Lipinski definition) is 10. The zero-order valence-corrected chi connectivity index (χ0v) is 13.0. The van der Waals surface area contributed by atoms with Crippen LogP contribution in [0.2, 0.25) is 0 Å². The Kier molecular flexibility index (Phi) is 5.09. The Morgan fingerprint density at radius 2 is 2.15 bits per heavy atom. The number of rotatable bonds is 6. The third kappa shape index (κ3) is 3.35. The molecule has 0 radical (unpaired) electrons. The Morgan fingerprint density at radius 3 is 2.75 bits per heavy atom. The van der Waals surface area contributed by atoms with Crippen molar-refractivity contribution >= 4 is 46.4 Å². The van der Waals surface area contributed by atoms with Gasteiger partial charge in [0.1, 0.15) is 6.33 Å². The fourth-order valence-electron chi connectivity index (χ4n) is 1.30. The average Bonchev–Trinajstić information content (AvgIpc) is 2.86. The minimum Gasteiger partial charge on any atom is -0.364 e. The maximum absolute atomic E-state index is 11.2. The van der Waals surface area contributed by atoms with Gasteiger partial charge in [-0.2, -0.15) is 0 Å². The Hall–Kier alpha value is -1.46. The fourth-order valence-corrected chi connectivity index (χ4v) is 3.72. The standard InChI is InChI=1S/C9H10N6O2S3/c1-3-10-6-5(15(16)17)7(12-4-11-6)19-9-14-13-8(18-2)20-9/h4H,3H2,1-2H3,(H,10,11,12). The first-order valence-electron chi connectivity index (χ1n) is 5.44. The molecule has 2 rings (SSSR count). The Labute approximate surface area is 127 Å². The molecule has 8 nitrogen and oxygen atoms in total. The zero-order valence-electron chi connectivity index (χ0n) is 10.6. The van der Waals surface area contributed by atoms with E-state index in [1.807, 2.05) is 13.2 Å². The van der Waals surface area contributed by atoms with Gasteiger partial charge in [-0.15, -0.1) is 10.2 Å². The molecule has 0 aromatic carbocycles. The van der Waals surface area contributed by atoms with Gasteiger partial charge in [-0.1, -0.05) is 23.1 Å². The van der Waals surface area contributed by atoms with Crippen LogP contribution in [0.1, 0.15) is 6.92 Å². The van der Waals surface area contributed by atoms with Crippen molar-refractivity contribution in [1.29, 1.82) is 0 Å². The molecule has 0 fully saturated rings. The van der Waals surface area contributed by atoms with Gasteiger partial charge >= 0.3 is 5.69 Å². The number of nitro groups is 1. The van der Waals surface area contributed by atoms with Crippen molar-refractivity contribution in [3.63, 3.8) is 0 Å². The van der Waals surface area contributed by atoms with Gasteiger partial charge in [0.2, 0.25) is 5.82 Å². The summed E-state index contributed by atoms with van der Waals surface area (Å²) in [4.78, 5) is 18.6. The van der Waals surface area contributed by atoms with E-state index in [1.165, 1.54) is 29.4 Å². The molecular formula is C9H10N6O2S3. The summed E-state index contributed by atoms with van der Waals surface area (Å²) in [6.07, 6.45) is 3.19. The van der Waals surface area contributed by atoms with Crippen molar-refractivity contribution in [2.45, 2.75) is 20.6 Å². The van der Waals surface area contributed by atoms with E-state index in [-0.39, 0.29) is 16.5 Å². The van der Waals surface area contributed by atoms with E-state index in [1.54, 1.807) is 0 Å². The zero-order chi connectivity index (χ0) is 14.5. The Morgan fingerprint density at radius 1 is 1.40 bits per heavy atom. The topological polar surface area (TPSA) is 107 Å². The highest BCUT2D eigenvalue weighted by atomic mass is 32.2. The summed E-state index contributed by atoms with van der Waals surface area (Å²) in [5, 5.41) is 22.2. The number of hydrogen-bond donors (Lipinski definition) is 1. The molecule has 1 N–H and O–H groups in total. The molecule has 2 aromatic rings. The van der Waals surface area contributed by atoms with E-state index in [9.17, 15) is 10.1 Å². The molecule has 0 bridgehead atoms. The van der Waals surface area contributed by atoms with E-state index < -0.39 is 4.92 Å². The summed E-state index contributed by atoms with van der Waals surface area (Å²) in [6.45, 7) is 2.38. The number of nitrogens with zero attached hydrogens (tertiary/aromatic N) is 5. The van der Waals surface area contributed by atoms with Gasteiger partial charge in [-0.3, -0.25) is 10.1 Å². The van der Waals surface area contributed by atoms with Crippen molar-refractivity contribution in [3.05, 3.63) is 16.4 Å². The van der Waals surface area contributed by atoms with Gasteiger partial charge < -0.3 is 5.32 Å². The normalized spacial score (nSPS) is 10.5. The minimum absolute atomic E-state index is 0.139. The molecule has 2 heterocycles. The number of thioether (sulfide) groups is 1. The summed E-state index contributed by atoms with van der Waals surface area (Å²) >= 11 is 3.96. The third-order valence-corrected chi connectivity index (χ3v) is 5.00. The lowest BCUT2D eigenvalue weighted by Crippen LogP contribution is -2.05. The summed E-state index contributed by atoms with van der Waals surface area (Å²) in [7, 11) is 0. The number of aromatic nitrogens is 4. The van der Waals surface area contributed by atoms with Crippen LogP contribution in [-0.2, 0) is 0 Å². The van der Waals surface area contributed by atoms with Gasteiger partial charge in [-0.05, 0) is 24.9 Å². The quantitative estimate of drug-likeness (QED) is 0.370. The summed E-state index contributed by atoms with van der Waals surface area (Å²) < 4.78 is 1.41. The lowest BCUT2D eigenvalue weighted by molar-refractivity contribution is -0.387. The molecule has 0 atom stereocenters. The third-order valence-electron chi connectivity index (χ3n) is 2.06. The van der Waals surface area contributed by atoms with Gasteiger partial charge in [0.15, 0.2) is 13.7 Å². The fraction of sp³-hybridized carbons (Fsp3) is 0.333. The van der Waals surface area contributed by atoms with Crippen LogP contribution in [0.25, 0.3) is 0 Å². The largest absolute Gasteiger partial charge is 0.364 e. The number of anilines is 1. The van der Waals surface area contributed by atoms with Crippen molar-refractivity contribution in [2.24, 2.45) is 0 Å². The van der Waals surface area contributed by atoms with E-state index >= 15 is 0 Å². The monoisotopic (exact) mass is 330 g/mol. The Balaban J connectivity index is 2.35. The lowest BCUT2D eigenvalue weighted by Gasteiger charge is -2.05. The van der Waals surface area contributed by atoms with Crippen molar-refractivity contribution < 1.29 is 4.92 Å². The summed E-state index contributed by atoms with van der Waals surface area (Å²) in [5.41, 5.74) is -0.139. The van der Waals surface area contributed by atoms with Crippen LogP contribution in [0.4, 0.5) is 11.5 Å². The molecule has 0 aliphatic heterocycles. The molecule has 0 saturated heterocycles. The van der Waals surface area contributed by atoms with Gasteiger partial charge in [0.25, 0.3) is 0 Å². The van der Waals surface area contributed by atoms with Crippen molar-refractivity contribution in [3.8, 4) is 0 Å². The molecule has 0 spiro atoms. The second-order valence-electron chi connectivity index (χ2n) is 3.30. The predicted octanol–water partition coefficient (Wildman–Crippen LogP) is 2.54. The smallest absolute Gasteiger partial charge is 0.343 e. The van der Waals surface area contributed by atoms with Crippen LogP contribution in [0.5, 0.6) is 0 Å². The van der Waals surface area contributed by atoms with E-state index in [0.29, 0.717) is 10.9 Å². The van der Waals surface area contributed by atoms with Gasteiger partial charge in [-0.25, -0.2) is 9.97 Å². The average molecular weight is 330 g/mol. The predicted molar refractivity (Wildman–Crippen MR) is 78.7 cm³/mol. The molecule has 0 aliphatic rings.